The van der Waals surface area contributed by atoms with Crippen LogP contribution in [0, 0.1) is 12.8 Å². The molecule has 2 aromatic rings. The number of halogens is 2. The number of methoxy groups -OCH3 is 1. The van der Waals surface area contributed by atoms with Gasteiger partial charge in [0.1, 0.15) is 12.3 Å². The number of aromatic nitrogens is 2. The van der Waals surface area contributed by atoms with Gasteiger partial charge in [0, 0.05) is 42.1 Å². The zero-order valence-electron chi connectivity index (χ0n) is 22.1. The molecular weight excluding hydrogens is 628 g/mol. The highest BCUT2D eigenvalue weighted by atomic mass is 35.5. The molecule has 7 atom stereocenters. The molecular formula is C23H28Cl2N3O13P. The van der Waals surface area contributed by atoms with Crippen molar-refractivity contribution >= 4 is 37.2 Å². The third-order valence-corrected chi connectivity index (χ3v) is 8.13. The van der Waals surface area contributed by atoms with Gasteiger partial charge in [-0.25, -0.2) is 9.36 Å². The van der Waals surface area contributed by atoms with Crippen LogP contribution in [0.5, 0.6) is 11.5 Å². The molecule has 2 fully saturated rings. The predicted molar refractivity (Wildman–Crippen MR) is 145 cm³/mol. The number of aromatic amines is 1. The number of phosphoric ester groups is 1. The molecule has 42 heavy (non-hydrogen) atoms. The normalized spacial score (nSPS) is 27.4. The fourth-order valence-electron chi connectivity index (χ4n) is 4.22. The second-order valence-electron chi connectivity index (χ2n) is 9.40. The van der Waals surface area contributed by atoms with Gasteiger partial charge in [-0.3, -0.25) is 23.4 Å². The van der Waals surface area contributed by atoms with Crippen molar-refractivity contribution < 1.29 is 52.9 Å². The number of aromatic hydroxyl groups is 1. The summed E-state index contributed by atoms with van der Waals surface area (Å²) in [5.41, 5.74) is -1.01. The average molecular weight is 656 g/mol. The number of hydrogen-bond donors (Lipinski definition) is 5. The monoisotopic (exact) mass is 655 g/mol. The quantitative estimate of drug-likeness (QED) is 0.131. The Labute approximate surface area is 247 Å². The van der Waals surface area contributed by atoms with Gasteiger partial charge < -0.3 is 39.3 Å². The average Bonchev–Trinajstić information content (AvgIpc) is 3.49. The summed E-state index contributed by atoms with van der Waals surface area (Å²) in [4.78, 5) is 42.1. The number of nitrogens with zero attached hydrogens (tertiary/aromatic N) is 2. The third-order valence-electron chi connectivity index (χ3n) is 6.49. The lowest BCUT2D eigenvalue weighted by Crippen LogP contribution is -2.33. The maximum absolute atomic E-state index is 12.5. The molecule has 19 heteroatoms. The van der Waals surface area contributed by atoms with Gasteiger partial charge in [-0.05, 0) is 6.92 Å². The Balaban J connectivity index is 1.49. The summed E-state index contributed by atoms with van der Waals surface area (Å²) in [7, 11) is -3.38. The van der Waals surface area contributed by atoms with E-state index >= 15 is 0 Å². The Morgan fingerprint density at radius 3 is 2.60 bits per heavy atom. The molecule has 1 aromatic carbocycles. The Kier molecular flexibility index (Phi) is 10.4. The van der Waals surface area contributed by atoms with Gasteiger partial charge in [0.2, 0.25) is 0 Å². The van der Waals surface area contributed by atoms with E-state index in [2.05, 4.69) is 10.1 Å². The van der Waals surface area contributed by atoms with Crippen LogP contribution < -0.4 is 16.0 Å². The van der Waals surface area contributed by atoms with Crippen molar-refractivity contribution in [1.82, 2.24) is 9.55 Å². The molecule has 3 heterocycles. The van der Waals surface area contributed by atoms with Crippen molar-refractivity contribution in [3.05, 3.63) is 54.3 Å². The second-order valence-corrected chi connectivity index (χ2v) is 11.6. The number of phenolic OH excluding ortho intramolecular Hbond substituents is 1. The first kappa shape index (κ1) is 32.4. The minimum Gasteiger partial charge on any atom is -0.503 e. The minimum absolute atomic E-state index is 0.0180. The zero-order valence-corrected chi connectivity index (χ0v) is 24.5. The lowest BCUT2D eigenvalue weighted by atomic mass is 10.1. The minimum atomic E-state index is -4.70. The maximum atomic E-state index is 12.5. The van der Waals surface area contributed by atoms with Gasteiger partial charge in [0.05, 0.1) is 36.6 Å². The summed E-state index contributed by atoms with van der Waals surface area (Å²) in [6, 6.07) is 1.32. The van der Waals surface area contributed by atoms with Crippen LogP contribution in [-0.4, -0.2) is 81.1 Å². The number of rotatable bonds is 11. The molecule has 0 amide bonds. The van der Waals surface area contributed by atoms with E-state index in [1.54, 1.807) is 0 Å². The maximum Gasteiger partial charge on any atom is 0.472 e. The number of nitrogens with one attached hydrogen (secondary N) is 1. The predicted octanol–water partition coefficient (Wildman–Crippen LogP) is 1.38. The number of phosphoric acid groups is 1. The molecule has 2 aliphatic heterocycles. The van der Waals surface area contributed by atoms with Gasteiger partial charge in [0.15, 0.2) is 30.2 Å². The number of oxime groups is 1. The molecule has 0 radical (unpaired) electrons. The molecule has 1 aromatic heterocycles. The van der Waals surface area contributed by atoms with E-state index in [0.29, 0.717) is 0 Å². The molecule has 0 spiro atoms. The van der Waals surface area contributed by atoms with E-state index in [1.807, 2.05) is 0 Å². The largest absolute Gasteiger partial charge is 0.503 e. The Morgan fingerprint density at radius 2 is 1.93 bits per heavy atom. The molecule has 16 nitrogen and oxygen atoms in total. The van der Waals surface area contributed by atoms with E-state index in [-0.39, 0.29) is 45.5 Å². The fourth-order valence-corrected chi connectivity index (χ4v) is 5.54. The molecule has 232 valence electrons. The summed E-state index contributed by atoms with van der Waals surface area (Å²) in [6.45, 7) is 0.469. The number of aliphatic hydroxyl groups excluding tert-OH is 2. The highest BCUT2D eigenvalue weighted by molar-refractivity contribution is 7.47. The number of ether oxygens (including phenoxy) is 3. The molecule has 5 N–H and O–H groups in total. The number of hydrogen-bond acceptors (Lipinski definition) is 13. The molecule has 0 saturated carbocycles. The molecule has 0 aliphatic carbocycles. The summed E-state index contributed by atoms with van der Waals surface area (Å²) >= 11 is 12.4. The van der Waals surface area contributed by atoms with Crippen molar-refractivity contribution in [2.24, 2.45) is 11.1 Å². The molecule has 4 rings (SSSR count). The summed E-state index contributed by atoms with van der Waals surface area (Å²) in [6.07, 6.45) is -3.31. The Morgan fingerprint density at radius 1 is 1.21 bits per heavy atom. The standard InChI is InChI=1S/C23H28Cl2N3O13P/c1-10-7-28(23(33)27-21(10)31)17-5-14(41-26-6-12-13(24)4-15(36-2)20(30)19(12)25)16(39-17)9-38-42(34,35)37-8-11-3-18(29)40-22(11)32/h4,6-7,11,14,16-18,22,29-30,32H,3,5,8-9H2,1-2H3,(H,34,35)(H,27,31,33)/b26-6+/t11?,14-,16+,17+,18?,22?/m0/s1. The zero-order chi connectivity index (χ0) is 30.8. The number of benzene rings is 1. The highest BCUT2D eigenvalue weighted by Crippen LogP contribution is 2.46. The lowest BCUT2D eigenvalue weighted by molar-refractivity contribution is -0.170. The summed E-state index contributed by atoms with van der Waals surface area (Å²) in [5.74, 6) is -1.11. The Bertz CT molecular complexity index is 1480. The molecule has 2 saturated heterocycles. The first-order chi connectivity index (χ1) is 19.8. The van der Waals surface area contributed by atoms with E-state index in [0.717, 1.165) is 10.8 Å². The van der Waals surface area contributed by atoms with Crippen LogP contribution >= 0.6 is 31.0 Å². The second kappa shape index (κ2) is 13.4. The summed E-state index contributed by atoms with van der Waals surface area (Å²) < 4.78 is 39.3. The third kappa shape index (κ3) is 7.52. The molecule has 2 aliphatic rings. The number of aryl methyl sites for hydroxylation is 1. The van der Waals surface area contributed by atoms with Crippen LogP contribution in [-0.2, 0) is 27.9 Å². The van der Waals surface area contributed by atoms with Crippen molar-refractivity contribution in [1.29, 1.82) is 0 Å². The van der Waals surface area contributed by atoms with E-state index in [9.17, 15) is 34.4 Å². The van der Waals surface area contributed by atoms with Crippen LogP contribution in [0.25, 0.3) is 0 Å². The lowest BCUT2D eigenvalue weighted by Gasteiger charge is -2.20. The van der Waals surface area contributed by atoms with Gasteiger partial charge in [-0.1, -0.05) is 28.4 Å². The van der Waals surface area contributed by atoms with Gasteiger partial charge >= 0.3 is 13.5 Å². The van der Waals surface area contributed by atoms with Gasteiger partial charge in [-0.2, -0.15) is 0 Å². The van der Waals surface area contributed by atoms with Gasteiger partial charge in [-0.15, -0.1) is 0 Å². The highest BCUT2D eigenvalue weighted by Gasteiger charge is 2.41. The topological polar surface area (TPSA) is 221 Å². The van der Waals surface area contributed by atoms with Crippen molar-refractivity contribution in [3.63, 3.8) is 0 Å². The smallest absolute Gasteiger partial charge is 0.472 e. The van der Waals surface area contributed by atoms with Crippen LogP contribution in [0.1, 0.15) is 30.2 Å². The number of phenols is 1. The van der Waals surface area contributed by atoms with E-state index in [4.69, 9.17) is 51.3 Å². The van der Waals surface area contributed by atoms with E-state index < -0.39 is 69.2 Å². The number of H-pyrrole nitrogens is 1. The number of aliphatic hydroxyl groups is 2. The van der Waals surface area contributed by atoms with E-state index in [1.165, 1.54) is 26.3 Å². The van der Waals surface area contributed by atoms with Crippen molar-refractivity contribution in [2.75, 3.05) is 20.3 Å². The van der Waals surface area contributed by atoms with Crippen LogP contribution in [0.4, 0.5) is 0 Å². The first-order valence-corrected chi connectivity index (χ1v) is 14.6. The molecule has 4 unspecified atom stereocenters. The summed E-state index contributed by atoms with van der Waals surface area (Å²) in [5, 5.41) is 33.1. The first-order valence-electron chi connectivity index (χ1n) is 12.3. The fraction of sp³-hybridized carbons (Fsp3) is 0.522. The van der Waals surface area contributed by atoms with Crippen molar-refractivity contribution in [2.45, 2.75) is 50.8 Å². The van der Waals surface area contributed by atoms with Crippen LogP contribution in [0.3, 0.4) is 0 Å². The van der Waals surface area contributed by atoms with Crippen molar-refractivity contribution in [3.8, 4) is 11.5 Å². The molecule has 0 bridgehead atoms. The Hall–Kier alpha value is -2.50. The SMILES string of the molecule is COc1cc(Cl)c(/C=N/O[C@H]2C[C@H](n3cc(C)c(=O)[nH]c3=O)O[C@@H]2COP(=O)(O)OCC2CC(O)OC2O)c(Cl)c1O. The van der Waals surface area contributed by atoms with Gasteiger partial charge in [0.25, 0.3) is 5.56 Å². The van der Waals surface area contributed by atoms with Crippen LogP contribution in [0.2, 0.25) is 10.0 Å². The van der Waals surface area contributed by atoms with Crippen LogP contribution in [0.15, 0.2) is 27.0 Å².